The molecule has 0 aromatic carbocycles. The Morgan fingerprint density at radius 1 is 1.00 bits per heavy atom. The number of halogens is 4. The number of rotatable bonds is 5. The number of hydrogen-bond donors (Lipinski definition) is 0. The van der Waals surface area contributed by atoms with Crippen molar-refractivity contribution in [2.24, 2.45) is 0 Å². The Morgan fingerprint density at radius 2 is 1.60 bits per heavy atom. The second-order valence-corrected chi connectivity index (χ2v) is 3.04. The van der Waals surface area contributed by atoms with Gasteiger partial charge in [-0.2, -0.15) is 0 Å². The number of alkyl halides is 1. The summed E-state index contributed by atoms with van der Waals surface area (Å²) in [4.78, 5) is 0. The van der Waals surface area contributed by atoms with E-state index in [0.717, 1.165) is 11.8 Å². The Labute approximate surface area is 67.4 Å². The summed E-state index contributed by atoms with van der Waals surface area (Å²) in [7, 11) is 0. The highest BCUT2D eigenvalue weighted by atomic mass is 79.9. The molecule has 0 spiro atoms. The molecule has 0 aromatic heterocycles. The molecule has 10 heavy (non-hydrogen) atoms. The van der Waals surface area contributed by atoms with Crippen molar-refractivity contribution in [1.29, 1.82) is 0 Å². The molecule has 0 aliphatic carbocycles. The monoisotopic (exact) mass is 217 g/mol. The lowest BCUT2D eigenvalue weighted by Crippen LogP contribution is -2.13. The lowest BCUT2D eigenvalue weighted by molar-refractivity contribution is 0.461. The minimum Gasteiger partial charge on any atom is -0.449 e. The molecule has 0 heterocycles. The van der Waals surface area contributed by atoms with Gasteiger partial charge < -0.3 is 12.9 Å². The van der Waals surface area contributed by atoms with Gasteiger partial charge in [-0.1, -0.05) is 35.1 Å². The van der Waals surface area contributed by atoms with Crippen LogP contribution in [0.25, 0.3) is 0 Å². The van der Waals surface area contributed by atoms with Gasteiger partial charge >= 0.3 is 6.98 Å². The zero-order valence-electron chi connectivity index (χ0n) is 5.62. The molecule has 5 heteroatoms. The third-order valence-corrected chi connectivity index (χ3v) is 1.73. The maximum Gasteiger partial charge on any atom is 0.478 e. The zero-order chi connectivity index (χ0) is 8.04. The van der Waals surface area contributed by atoms with Crippen LogP contribution < -0.4 is 0 Å². The van der Waals surface area contributed by atoms with Crippen molar-refractivity contribution < 1.29 is 12.9 Å². The highest BCUT2D eigenvalue weighted by Gasteiger charge is 2.20. The van der Waals surface area contributed by atoms with Gasteiger partial charge in [-0.3, -0.25) is 0 Å². The van der Waals surface area contributed by atoms with Crippen LogP contribution in [-0.2, 0) is 0 Å². The van der Waals surface area contributed by atoms with Gasteiger partial charge in [0.2, 0.25) is 0 Å². The summed E-state index contributed by atoms with van der Waals surface area (Å²) >= 11 is 3.15. The molecule has 0 atom stereocenters. The fourth-order valence-corrected chi connectivity index (χ4v) is 1.04. The summed E-state index contributed by atoms with van der Waals surface area (Å²) < 4.78 is 34.6. The summed E-state index contributed by atoms with van der Waals surface area (Å²) in [5.41, 5.74) is 0. The minimum absolute atomic E-state index is 0.287. The first kappa shape index (κ1) is 10.3. The third-order valence-electron chi connectivity index (χ3n) is 1.17. The van der Waals surface area contributed by atoms with Crippen molar-refractivity contribution in [2.75, 3.05) is 5.33 Å². The van der Waals surface area contributed by atoms with Crippen molar-refractivity contribution in [3.05, 3.63) is 0 Å². The van der Waals surface area contributed by atoms with E-state index < -0.39 is 13.3 Å². The van der Waals surface area contributed by atoms with E-state index in [9.17, 15) is 12.9 Å². The second-order valence-electron chi connectivity index (χ2n) is 2.25. The van der Waals surface area contributed by atoms with Gasteiger partial charge in [0.1, 0.15) is 0 Å². The number of hydrogen-bond acceptors (Lipinski definition) is 0. The lowest BCUT2D eigenvalue weighted by atomic mass is 9.83. The predicted octanol–water partition coefficient (Wildman–Crippen LogP) is 3.40. The van der Waals surface area contributed by atoms with Crippen LogP contribution in [0.15, 0.2) is 0 Å². The highest BCUT2D eigenvalue weighted by molar-refractivity contribution is 9.09. The molecule has 0 aliphatic heterocycles. The first-order valence-electron chi connectivity index (χ1n) is 3.33. The molecular weight excluding hydrogens is 208 g/mol. The predicted molar refractivity (Wildman–Crippen MR) is 41.5 cm³/mol. The van der Waals surface area contributed by atoms with Crippen LogP contribution in [0, 0.1) is 0 Å². The number of unbranched alkanes of at least 4 members (excludes halogenated alkanes) is 2. The molecule has 62 valence electrons. The molecule has 0 aliphatic rings. The molecule has 0 rings (SSSR count). The van der Waals surface area contributed by atoms with E-state index in [-0.39, 0.29) is 6.42 Å². The smallest absolute Gasteiger partial charge is 0.449 e. The minimum atomic E-state index is -4.53. The molecule has 0 radical (unpaired) electrons. The lowest BCUT2D eigenvalue weighted by Gasteiger charge is -2.11. The van der Waals surface area contributed by atoms with E-state index in [1.54, 1.807) is 0 Å². The second kappa shape index (κ2) is 5.05. The Hall–Kier alpha value is 0.335. The van der Waals surface area contributed by atoms with Crippen LogP contribution in [0.5, 0.6) is 0 Å². The molecule has 0 aromatic rings. The van der Waals surface area contributed by atoms with Crippen LogP contribution in [-0.4, -0.2) is 12.3 Å². The van der Waals surface area contributed by atoms with Gasteiger partial charge in [-0.05, 0) is 6.42 Å². The Morgan fingerprint density at radius 3 is 2.00 bits per heavy atom. The van der Waals surface area contributed by atoms with Gasteiger partial charge in [-0.15, -0.1) is 0 Å². The van der Waals surface area contributed by atoms with E-state index in [1.165, 1.54) is 0 Å². The molecular formula is C5H10BBrF3-. The molecule has 0 bridgehead atoms. The molecule has 0 saturated carbocycles. The fraction of sp³-hybridized carbons (Fsp3) is 1.00. The largest absolute Gasteiger partial charge is 0.478 e. The maximum absolute atomic E-state index is 11.5. The Kier molecular flexibility index (Phi) is 5.22. The van der Waals surface area contributed by atoms with Crippen LogP contribution in [0.3, 0.4) is 0 Å². The summed E-state index contributed by atoms with van der Waals surface area (Å²) in [5, 5.41) is 0.803. The van der Waals surface area contributed by atoms with E-state index in [0.29, 0.717) is 6.42 Å². The van der Waals surface area contributed by atoms with Crippen LogP contribution in [0.1, 0.15) is 19.3 Å². The highest BCUT2D eigenvalue weighted by Crippen LogP contribution is 2.18. The average molecular weight is 218 g/mol. The first-order valence-corrected chi connectivity index (χ1v) is 4.45. The Balaban J connectivity index is 3.04. The van der Waals surface area contributed by atoms with Crippen LogP contribution in [0.2, 0.25) is 6.32 Å². The van der Waals surface area contributed by atoms with Gasteiger partial charge in [0.15, 0.2) is 0 Å². The fourth-order valence-electron chi connectivity index (χ4n) is 0.647. The summed E-state index contributed by atoms with van der Waals surface area (Å²) in [6, 6.07) is 0. The van der Waals surface area contributed by atoms with Crippen molar-refractivity contribution in [1.82, 2.24) is 0 Å². The summed E-state index contributed by atoms with van der Waals surface area (Å²) in [6.45, 7) is -4.53. The van der Waals surface area contributed by atoms with Gasteiger partial charge in [-0.25, -0.2) is 0 Å². The molecule has 0 saturated heterocycles. The molecule has 0 fully saturated rings. The quantitative estimate of drug-likeness (QED) is 0.376. The molecule has 0 amide bonds. The van der Waals surface area contributed by atoms with Crippen LogP contribution in [0.4, 0.5) is 12.9 Å². The molecule has 0 N–H and O–H groups in total. The van der Waals surface area contributed by atoms with Crippen molar-refractivity contribution in [3.63, 3.8) is 0 Å². The summed E-state index contributed by atoms with van der Waals surface area (Å²) in [6.07, 6.45) is 1.22. The first-order chi connectivity index (χ1) is 4.56. The van der Waals surface area contributed by atoms with Gasteiger partial charge in [0, 0.05) is 5.33 Å². The van der Waals surface area contributed by atoms with E-state index in [4.69, 9.17) is 0 Å². The standard InChI is InChI=1S/C5H10BBrF3/c7-5-3-1-2-4-6(8,9)10/h1-5H2/q-1. The zero-order valence-corrected chi connectivity index (χ0v) is 7.21. The van der Waals surface area contributed by atoms with Crippen molar-refractivity contribution in [3.8, 4) is 0 Å². The van der Waals surface area contributed by atoms with Gasteiger partial charge in [0.25, 0.3) is 0 Å². The van der Waals surface area contributed by atoms with Crippen molar-refractivity contribution >= 4 is 22.9 Å². The average Bonchev–Trinajstić information content (AvgIpc) is 1.78. The third kappa shape index (κ3) is 8.33. The van der Waals surface area contributed by atoms with E-state index >= 15 is 0 Å². The summed E-state index contributed by atoms with van der Waals surface area (Å²) in [5.74, 6) is 0. The van der Waals surface area contributed by atoms with E-state index in [1.807, 2.05) is 0 Å². The SMILES string of the molecule is F[B-](F)(F)CCCCCBr. The molecule has 0 unspecified atom stereocenters. The van der Waals surface area contributed by atoms with E-state index in [2.05, 4.69) is 15.9 Å². The van der Waals surface area contributed by atoms with Crippen LogP contribution >= 0.6 is 15.9 Å². The molecule has 0 nitrogen and oxygen atoms in total. The van der Waals surface area contributed by atoms with Crippen molar-refractivity contribution in [2.45, 2.75) is 25.6 Å². The van der Waals surface area contributed by atoms with Gasteiger partial charge in [0.05, 0.1) is 0 Å². The Bertz CT molecular complexity index is 83.5. The normalized spacial score (nSPS) is 12.0. The maximum atomic E-state index is 11.5. The topological polar surface area (TPSA) is 0 Å².